The van der Waals surface area contributed by atoms with Crippen LogP contribution in [0.1, 0.15) is 24.3 Å². The van der Waals surface area contributed by atoms with Gasteiger partial charge in [0.1, 0.15) is 11.8 Å². The van der Waals surface area contributed by atoms with E-state index in [9.17, 15) is 9.59 Å². The highest BCUT2D eigenvalue weighted by molar-refractivity contribution is 5.87. The van der Waals surface area contributed by atoms with E-state index in [-0.39, 0.29) is 11.7 Å². The van der Waals surface area contributed by atoms with Gasteiger partial charge in [0, 0.05) is 0 Å². The Hall–Kier alpha value is -2.05. The van der Waals surface area contributed by atoms with E-state index < -0.39 is 17.4 Å². The van der Waals surface area contributed by atoms with Gasteiger partial charge in [-0.15, -0.1) is 0 Å². The van der Waals surface area contributed by atoms with Crippen LogP contribution in [0.3, 0.4) is 0 Å². The number of rotatable bonds is 4. The van der Waals surface area contributed by atoms with Crippen molar-refractivity contribution in [3.8, 4) is 0 Å². The molecule has 1 heterocycles. The summed E-state index contributed by atoms with van der Waals surface area (Å²) in [5.74, 6) is -1.80. The highest BCUT2D eigenvalue weighted by Crippen LogP contribution is 2.14. The van der Waals surface area contributed by atoms with E-state index in [1.54, 1.807) is 0 Å². The molecule has 0 fully saturated rings. The summed E-state index contributed by atoms with van der Waals surface area (Å²) < 4.78 is 4.80. The number of carbonyl (C=O) groups excluding carboxylic acids is 1. The normalized spacial score (nSPS) is 11.1. The van der Waals surface area contributed by atoms with Gasteiger partial charge in [-0.25, -0.2) is 4.79 Å². The molecule has 15 heavy (non-hydrogen) atoms. The summed E-state index contributed by atoms with van der Waals surface area (Å²) in [6, 6.07) is -0.0591. The molecule has 0 aliphatic heterocycles. The Balaban J connectivity index is 2.82. The summed E-state index contributed by atoms with van der Waals surface area (Å²) in [4.78, 5) is 25.0. The number of anilines is 1. The first-order valence-electron chi connectivity index (χ1n) is 4.10. The Morgan fingerprint density at radius 1 is 1.60 bits per heavy atom. The van der Waals surface area contributed by atoms with Gasteiger partial charge in [-0.2, -0.15) is 4.98 Å². The Kier molecular flexibility index (Phi) is 2.65. The number of nitrogens with two attached hydrogens (primary N) is 1. The molecule has 1 aromatic rings. The van der Waals surface area contributed by atoms with Crippen LogP contribution in [0.4, 0.5) is 6.01 Å². The summed E-state index contributed by atoms with van der Waals surface area (Å²) in [6.07, 6.45) is 0.974. The molecule has 0 unspecified atom stereocenters. The monoisotopic (exact) mass is 213 g/mol. The molecule has 0 aromatic carbocycles. The van der Waals surface area contributed by atoms with Crippen LogP contribution in [0, 0.1) is 0 Å². The summed E-state index contributed by atoms with van der Waals surface area (Å²) in [5, 5.41) is 11.1. The van der Waals surface area contributed by atoms with Crippen molar-refractivity contribution in [1.82, 2.24) is 4.98 Å². The van der Waals surface area contributed by atoms with Crippen LogP contribution < -0.4 is 11.1 Å². The average Bonchev–Trinajstić information content (AvgIpc) is 2.51. The second kappa shape index (κ2) is 3.60. The van der Waals surface area contributed by atoms with Crippen molar-refractivity contribution in [2.75, 3.05) is 5.32 Å². The number of carbonyl (C=O) groups is 2. The third kappa shape index (κ3) is 2.46. The number of nitrogens with zero attached hydrogens (tertiary/aromatic N) is 1. The molecule has 0 atom stereocenters. The SMILES string of the molecule is CC(C)(Nc1nc(C(=O)O)co1)C(N)=O. The second-order valence-corrected chi connectivity index (χ2v) is 3.46. The maximum absolute atomic E-state index is 10.9. The number of aromatic nitrogens is 1. The molecule has 0 aliphatic carbocycles. The fourth-order valence-electron chi connectivity index (χ4n) is 0.758. The lowest BCUT2D eigenvalue weighted by Gasteiger charge is -2.20. The molecule has 0 radical (unpaired) electrons. The van der Waals surface area contributed by atoms with Crippen molar-refractivity contribution in [2.45, 2.75) is 19.4 Å². The minimum absolute atomic E-state index is 0.0591. The van der Waals surface area contributed by atoms with Gasteiger partial charge in [-0.3, -0.25) is 4.79 Å². The fourth-order valence-corrected chi connectivity index (χ4v) is 0.758. The first-order valence-corrected chi connectivity index (χ1v) is 4.10. The molecule has 1 rings (SSSR count). The second-order valence-electron chi connectivity index (χ2n) is 3.46. The summed E-state index contributed by atoms with van der Waals surface area (Å²) in [5.41, 5.74) is 3.80. The van der Waals surface area contributed by atoms with Gasteiger partial charge >= 0.3 is 5.97 Å². The van der Waals surface area contributed by atoms with Crippen molar-refractivity contribution in [2.24, 2.45) is 5.73 Å². The van der Waals surface area contributed by atoms with Crippen LogP contribution in [0.5, 0.6) is 0 Å². The molecule has 7 nitrogen and oxygen atoms in total. The van der Waals surface area contributed by atoms with E-state index in [0.29, 0.717) is 0 Å². The molecule has 82 valence electrons. The number of oxazole rings is 1. The predicted molar refractivity (Wildman–Crippen MR) is 50.4 cm³/mol. The van der Waals surface area contributed by atoms with E-state index in [4.69, 9.17) is 15.3 Å². The van der Waals surface area contributed by atoms with Crippen molar-refractivity contribution in [3.05, 3.63) is 12.0 Å². The lowest BCUT2D eigenvalue weighted by atomic mass is 10.1. The molecule has 0 bridgehead atoms. The number of nitrogens with one attached hydrogen (secondary N) is 1. The molecule has 0 saturated carbocycles. The van der Waals surface area contributed by atoms with Gasteiger partial charge < -0.3 is 20.6 Å². The first-order chi connectivity index (χ1) is 6.83. The Morgan fingerprint density at radius 2 is 2.20 bits per heavy atom. The molecule has 7 heteroatoms. The minimum Gasteiger partial charge on any atom is -0.476 e. The van der Waals surface area contributed by atoms with Gasteiger partial charge in [0.25, 0.3) is 6.01 Å². The van der Waals surface area contributed by atoms with Gasteiger partial charge in [-0.05, 0) is 13.8 Å². The summed E-state index contributed by atoms with van der Waals surface area (Å²) in [6.45, 7) is 3.06. The van der Waals surface area contributed by atoms with Crippen LogP contribution in [0.25, 0.3) is 0 Å². The molecule has 0 aliphatic rings. The highest BCUT2D eigenvalue weighted by atomic mass is 16.4. The topological polar surface area (TPSA) is 118 Å². The van der Waals surface area contributed by atoms with E-state index >= 15 is 0 Å². The van der Waals surface area contributed by atoms with Gasteiger partial charge in [0.15, 0.2) is 5.69 Å². The maximum atomic E-state index is 10.9. The lowest BCUT2D eigenvalue weighted by Crippen LogP contribution is -2.45. The Bertz CT molecular complexity index is 396. The van der Waals surface area contributed by atoms with Crippen LogP contribution in [0.2, 0.25) is 0 Å². The standard InChI is InChI=1S/C8H11N3O4/c1-8(2,6(9)14)11-7-10-4(3-15-7)5(12)13/h3H,1-2H3,(H2,9,14)(H,10,11)(H,12,13). The zero-order chi connectivity index (χ0) is 11.6. The average molecular weight is 213 g/mol. The van der Waals surface area contributed by atoms with Crippen molar-refractivity contribution in [1.29, 1.82) is 0 Å². The zero-order valence-electron chi connectivity index (χ0n) is 8.27. The quantitative estimate of drug-likeness (QED) is 0.650. The predicted octanol–water partition coefficient (Wildman–Crippen LogP) is 0.0486. The molecule has 4 N–H and O–H groups in total. The lowest BCUT2D eigenvalue weighted by molar-refractivity contribution is -0.121. The van der Waals surface area contributed by atoms with Gasteiger partial charge in [0.05, 0.1) is 0 Å². The zero-order valence-corrected chi connectivity index (χ0v) is 8.27. The van der Waals surface area contributed by atoms with E-state index in [1.165, 1.54) is 13.8 Å². The number of hydrogen-bond donors (Lipinski definition) is 3. The van der Waals surface area contributed by atoms with E-state index in [2.05, 4.69) is 10.3 Å². The number of hydrogen-bond acceptors (Lipinski definition) is 5. The van der Waals surface area contributed by atoms with Crippen LogP contribution >= 0.6 is 0 Å². The number of carboxylic acids is 1. The van der Waals surface area contributed by atoms with Crippen LogP contribution in [-0.2, 0) is 4.79 Å². The minimum atomic E-state index is -1.20. The van der Waals surface area contributed by atoms with Gasteiger partial charge in [-0.1, -0.05) is 0 Å². The van der Waals surface area contributed by atoms with Gasteiger partial charge in [0.2, 0.25) is 5.91 Å². The molecule has 1 aromatic heterocycles. The largest absolute Gasteiger partial charge is 0.476 e. The van der Waals surface area contributed by atoms with Crippen molar-refractivity contribution in [3.63, 3.8) is 0 Å². The number of primary amides is 1. The number of amides is 1. The number of aromatic carboxylic acids is 1. The molecular weight excluding hydrogens is 202 g/mol. The molecular formula is C8H11N3O4. The van der Waals surface area contributed by atoms with Crippen LogP contribution in [0.15, 0.2) is 10.7 Å². The van der Waals surface area contributed by atoms with Crippen molar-refractivity contribution < 1.29 is 19.1 Å². The number of carboxylic acid groups (broad SMARTS) is 1. The highest BCUT2D eigenvalue weighted by Gasteiger charge is 2.26. The third-order valence-electron chi connectivity index (χ3n) is 1.76. The Labute approximate surface area is 85.3 Å². The summed E-state index contributed by atoms with van der Waals surface area (Å²) >= 11 is 0. The molecule has 0 spiro atoms. The van der Waals surface area contributed by atoms with E-state index in [0.717, 1.165) is 6.26 Å². The molecule has 1 amide bonds. The molecule has 0 saturated heterocycles. The first kappa shape index (κ1) is 11.0. The maximum Gasteiger partial charge on any atom is 0.357 e. The fraction of sp³-hybridized carbons (Fsp3) is 0.375. The van der Waals surface area contributed by atoms with E-state index in [1.807, 2.05) is 0 Å². The summed E-state index contributed by atoms with van der Waals surface area (Å²) in [7, 11) is 0. The van der Waals surface area contributed by atoms with Crippen molar-refractivity contribution >= 4 is 17.9 Å². The van der Waals surface area contributed by atoms with Crippen LogP contribution in [-0.4, -0.2) is 27.5 Å². The Morgan fingerprint density at radius 3 is 2.60 bits per heavy atom. The third-order valence-corrected chi connectivity index (χ3v) is 1.76. The smallest absolute Gasteiger partial charge is 0.357 e.